The van der Waals surface area contributed by atoms with Gasteiger partial charge < -0.3 is 18.3 Å². The molecule has 0 bridgehead atoms. The Bertz CT molecular complexity index is 5370. The van der Waals surface area contributed by atoms with Gasteiger partial charge in [0.2, 0.25) is 0 Å². The number of nitrogens with zero attached hydrogens (tertiary/aromatic N) is 4. The highest BCUT2D eigenvalue weighted by Gasteiger charge is 2.17. The van der Waals surface area contributed by atoms with E-state index in [1.165, 1.54) is 148 Å². The maximum absolute atomic E-state index is 2.34. The Morgan fingerprint density at radius 3 is 1.05 bits per heavy atom. The van der Waals surface area contributed by atoms with E-state index >= 15 is 0 Å². The van der Waals surface area contributed by atoms with E-state index in [4.69, 9.17) is 0 Å². The molecule has 0 aliphatic heterocycles. The summed E-state index contributed by atoms with van der Waals surface area (Å²) in [4.78, 5) is 0. The summed E-state index contributed by atoms with van der Waals surface area (Å²) in [5.41, 5.74) is 19.5. The molecule has 416 valence electrons. The molecule has 0 spiro atoms. The van der Waals surface area contributed by atoms with Crippen LogP contribution in [0.25, 0.3) is 142 Å². The number of benzene rings is 13. The van der Waals surface area contributed by atoms with Crippen molar-refractivity contribution in [2.45, 2.75) is 26.2 Å². The summed E-state index contributed by atoms with van der Waals surface area (Å²) in [5.74, 6) is 0. The molecule has 0 saturated heterocycles. The Labute approximate surface area is 502 Å². The van der Waals surface area contributed by atoms with Gasteiger partial charge in [-0.1, -0.05) is 227 Å². The van der Waals surface area contributed by atoms with Crippen LogP contribution in [0.3, 0.4) is 0 Å². The highest BCUT2D eigenvalue weighted by molar-refractivity contribution is 6.13. The molecule has 0 saturated carbocycles. The van der Waals surface area contributed by atoms with Crippen molar-refractivity contribution in [3.05, 3.63) is 291 Å². The molecule has 0 aliphatic rings. The molecule has 0 aliphatic carbocycles. The number of para-hydroxylation sites is 4. The van der Waals surface area contributed by atoms with Crippen molar-refractivity contribution in [2.75, 3.05) is 0 Å². The van der Waals surface area contributed by atoms with E-state index in [-0.39, 0.29) is 5.41 Å². The topological polar surface area (TPSA) is 19.7 Å². The van der Waals surface area contributed by atoms with Gasteiger partial charge in [0.15, 0.2) is 0 Å². The first kappa shape index (κ1) is 53.6. The van der Waals surface area contributed by atoms with Crippen LogP contribution in [-0.4, -0.2) is 18.3 Å². The molecule has 0 unspecified atom stereocenters. The average molecular weight is 1110 g/mol. The maximum Gasteiger partial charge on any atom is 0.0489 e. The number of hydrogen-bond acceptors (Lipinski definition) is 0. The summed E-state index contributed by atoms with van der Waals surface area (Å²) >= 11 is 0. The molecule has 0 radical (unpaired) electrons. The van der Waals surface area contributed by atoms with Crippen molar-refractivity contribution < 1.29 is 0 Å². The molecule has 13 aromatic carbocycles. The normalized spacial score (nSPS) is 11.7. The maximum atomic E-state index is 2.34. The molecule has 0 fully saturated rings. The van der Waals surface area contributed by atoms with Crippen LogP contribution in [0.15, 0.2) is 285 Å². The summed E-state index contributed by atoms with van der Waals surface area (Å²) in [7, 11) is 8.55. The Balaban J connectivity index is 0.000000102. The third-order valence-electron chi connectivity index (χ3n) is 17.8. The zero-order valence-corrected chi connectivity index (χ0v) is 49.9. The second-order valence-electron chi connectivity index (χ2n) is 23.9. The summed E-state index contributed by atoms with van der Waals surface area (Å²) in [6, 6.07) is 103. The SMILES string of the molecule is Cn1c2ccccc2c2cc(-c3ccc4ccccc4c3)ccc21.Cn1c2ccccc2c2cc(-c3cccc4ccccc34)ccc21.Cn1c2ccccc2c2cc(-c3ccccc3)ccc21.Cn1c2ccccc2c2cc(C(C)(C)C)ccc21. The van der Waals surface area contributed by atoms with Gasteiger partial charge in [0.1, 0.15) is 0 Å². The van der Waals surface area contributed by atoms with Crippen LogP contribution in [0.5, 0.6) is 0 Å². The van der Waals surface area contributed by atoms with E-state index < -0.39 is 0 Å². The van der Waals surface area contributed by atoms with Crippen molar-refractivity contribution in [1.29, 1.82) is 0 Å². The fraction of sp³-hybridized carbons (Fsp3) is 0.0976. The molecule has 17 rings (SSSR count). The van der Waals surface area contributed by atoms with E-state index in [0.717, 1.165) is 0 Å². The molecule has 86 heavy (non-hydrogen) atoms. The highest BCUT2D eigenvalue weighted by atomic mass is 15.0. The van der Waals surface area contributed by atoms with Crippen LogP contribution in [0.4, 0.5) is 0 Å². The Hall–Kier alpha value is -10.4. The van der Waals surface area contributed by atoms with Crippen LogP contribution in [0.1, 0.15) is 26.3 Å². The van der Waals surface area contributed by atoms with E-state index in [1.807, 2.05) is 0 Å². The van der Waals surface area contributed by atoms with E-state index in [2.05, 4.69) is 352 Å². The fourth-order valence-electron chi connectivity index (χ4n) is 13.1. The third-order valence-corrected chi connectivity index (χ3v) is 17.8. The molecule has 4 heteroatoms. The molecule has 0 N–H and O–H groups in total. The fourth-order valence-corrected chi connectivity index (χ4v) is 13.1. The minimum absolute atomic E-state index is 0.200. The molecule has 0 atom stereocenters. The zero-order chi connectivity index (χ0) is 58.6. The van der Waals surface area contributed by atoms with Crippen molar-refractivity contribution in [3.63, 3.8) is 0 Å². The molecule has 0 amide bonds. The van der Waals surface area contributed by atoms with Crippen molar-refractivity contribution in [2.24, 2.45) is 28.2 Å². The van der Waals surface area contributed by atoms with Crippen LogP contribution in [-0.2, 0) is 33.6 Å². The van der Waals surface area contributed by atoms with Crippen molar-refractivity contribution in [3.8, 4) is 33.4 Å². The molecular weight excluding hydrogens is 1040 g/mol. The quantitative estimate of drug-likeness (QED) is 0.168. The number of aryl methyl sites for hydroxylation is 4. The highest BCUT2D eigenvalue weighted by Crippen LogP contribution is 2.38. The van der Waals surface area contributed by atoms with Crippen molar-refractivity contribution >= 4 is 109 Å². The predicted molar refractivity (Wildman–Crippen MR) is 372 cm³/mol. The number of aromatic nitrogens is 4. The lowest BCUT2D eigenvalue weighted by Crippen LogP contribution is -2.10. The lowest BCUT2D eigenvalue weighted by molar-refractivity contribution is 0.591. The van der Waals surface area contributed by atoms with E-state index in [1.54, 1.807) is 0 Å². The third kappa shape index (κ3) is 9.63. The van der Waals surface area contributed by atoms with E-state index in [0.29, 0.717) is 0 Å². The Morgan fingerprint density at radius 2 is 0.547 bits per heavy atom. The molecule has 4 aromatic heterocycles. The first-order valence-electron chi connectivity index (χ1n) is 29.9. The number of fused-ring (bicyclic) bond motifs is 14. The van der Waals surface area contributed by atoms with E-state index in [9.17, 15) is 0 Å². The van der Waals surface area contributed by atoms with Crippen molar-refractivity contribution in [1.82, 2.24) is 18.3 Å². The lowest BCUT2D eigenvalue weighted by Gasteiger charge is -2.19. The summed E-state index contributed by atoms with van der Waals surface area (Å²) < 4.78 is 9.09. The standard InChI is InChI=1S/2C23H17N.C19H15N.C17H19N/c1-24-22-12-5-4-10-20(22)21-15-17(13-14-23(21)24)19-11-6-8-16-7-2-3-9-18(16)19;1-24-22-9-5-4-8-20(22)21-15-19(12-13-23(21)24)18-11-10-16-6-2-3-7-17(16)14-18;1-20-18-10-6-5-9-16(18)17-13-15(11-12-19(17)20)14-7-3-2-4-8-14;1-17(2,3)12-9-10-16-14(11-12)13-7-5-6-8-15(13)18(16)4/h2*2-15H,1H3;2-13H,1H3;5-11H,1-4H3. The largest absolute Gasteiger partial charge is 0.344 e. The average Bonchev–Trinajstić information content (AvgIpc) is 3.01. The second kappa shape index (κ2) is 22.0. The summed E-state index contributed by atoms with van der Waals surface area (Å²) in [6.07, 6.45) is 0. The Morgan fingerprint density at radius 1 is 0.209 bits per heavy atom. The molecule has 4 nitrogen and oxygen atoms in total. The smallest absolute Gasteiger partial charge is 0.0489 e. The first-order chi connectivity index (χ1) is 42.0. The monoisotopic (exact) mass is 1110 g/mol. The van der Waals surface area contributed by atoms with Gasteiger partial charge in [0.25, 0.3) is 0 Å². The summed E-state index contributed by atoms with van der Waals surface area (Å²) in [5, 5.41) is 15.8. The molecular formula is C82H68N4. The first-order valence-corrected chi connectivity index (χ1v) is 29.9. The van der Waals surface area contributed by atoms with Gasteiger partial charge in [-0.2, -0.15) is 0 Å². The van der Waals surface area contributed by atoms with Gasteiger partial charge in [-0.15, -0.1) is 0 Å². The van der Waals surface area contributed by atoms with Crippen LogP contribution in [0, 0.1) is 0 Å². The zero-order valence-electron chi connectivity index (χ0n) is 49.9. The van der Waals surface area contributed by atoms with Crippen LogP contribution < -0.4 is 0 Å². The predicted octanol–water partition coefficient (Wildman–Crippen LogP) is 21.9. The van der Waals surface area contributed by atoms with Gasteiger partial charge in [-0.05, 0) is 145 Å². The van der Waals surface area contributed by atoms with Gasteiger partial charge in [0, 0.05) is 115 Å². The van der Waals surface area contributed by atoms with Gasteiger partial charge in [-0.25, -0.2) is 0 Å². The minimum Gasteiger partial charge on any atom is -0.344 e. The molecule has 17 aromatic rings. The molecule has 4 heterocycles. The van der Waals surface area contributed by atoms with Crippen LogP contribution >= 0.6 is 0 Å². The Kier molecular flexibility index (Phi) is 13.7. The summed E-state index contributed by atoms with van der Waals surface area (Å²) in [6.45, 7) is 6.79. The van der Waals surface area contributed by atoms with Gasteiger partial charge in [0.05, 0.1) is 0 Å². The van der Waals surface area contributed by atoms with Crippen LogP contribution in [0.2, 0.25) is 0 Å². The lowest BCUT2D eigenvalue weighted by atomic mass is 9.86. The second-order valence-corrected chi connectivity index (χ2v) is 23.9. The number of rotatable bonds is 3. The van der Waals surface area contributed by atoms with Gasteiger partial charge >= 0.3 is 0 Å². The van der Waals surface area contributed by atoms with Gasteiger partial charge in [-0.3, -0.25) is 0 Å². The number of hydrogen-bond donors (Lipinski definition) is 0. The minimum atomic E-state index is 0.200.